The van der Waals surface area contributed by atoms with Crippen LogP contribution in [0.4, 0.5) is 18.9 Å². The fourth-order valence-corrected chi connectivity index (χ4v) is 4.92. The average Bonchev–Trinajstić information content (AvgIpc) is 3.29. The normalized spacial score (nSPS) is 19.1. The van der Waals surface area contributed by atoms with E-state index < -0.39 is 40.7 Å². The summed E-state index contributed by atoms with van der Waals surface area (Å²) in [5, 5.41) is 4.57. The van der Waals surface area contributed by atoms with E-state index in [0.717, 1.165) is 5.56 Å². The third-order valence-electron chi connectivity index (χ3n) is 5.08. The van der Waals surface area contributed by atoms with E-state index in [1.54, 1.807) is 24.4 Å². The van der Waals surface area contributed by atoms with Crippen LogP contribution in [0.15, 0.2) is 30.3 Å². The van der Waals surface area contributed by atoms with Gasteiger partial charge in [-0.25, -0.2) is 0 Å². The predicted molar refractivity (Wildman–Crippen MR) is 122 cm³/mol. The number of alkyl halides is 5. The highest BCUT2D eigenvalue weighted by molar-refractivity contribution is 6.53. The summed E-state index contributed by atoms with van der Waals surface area (Å²) < 4.78 is 40.9. The minimum absolute atomic E-state index is 0.0793. The molecule has 2 aromatic carbocycles. The highest BCUT2D eigenvalue weighted by Crippen LogP contribution is 2.65. The summed E-state index contributed by atoms with van der Waals surface area (Å²) in [4.78, 5) is 24.9. The zero-order valence-electron chi connectivity index (χ0n) is 17.1. The van der Waals surface area contributed by atoms with Crippen LogP contribution in [0, 0.1) is 12.8 Å². The maximum Gasteiger partial charge on any atom is 0.405 e. The summed E-state index contributed by atoms with van der Waals surface area (Å²) in [5.74, 6) is -2.49. The van der Waals surface area contributed by atoms with Gasteiger partial charge in [0.15, 0.2) is 0 Å². The van der Waals surface area contributed by atoms with Crippen molar-refractivity contribution in [2.24, 2.45) is 5.92 Å². The van der Waals surface area contributed by atoms with Crippen LogP contribution in [-0.4, -0.2) is 36.0 Å². The number of halogens is 7. The van der Waals surface area contributed by atoms with Gasteiger partial charge in [0.05, 0.1) is 28.6 Å². The Kier molecular flexibility index (Phi) is 7.34. The molecule has 0 aromatic heterocycles. The number of methoxy groups -OCH3 is 1. The van der Waals surface area contributed by atoms with E-state index in [4.69, 9.17) is 51.1 Å². The zero-order chi connectivity index (χ0) is 24.7. The summed E-state index contributed by atoms with van der Waals surface area (Å²) in [6.07, 6.45) is -4.58. The third kappa shape index (κ3) is 5.62. The SMILES string of the molecule is COc1c(C)cc(C2C(C(=O)Nc3ccc(Cl)c(C(=O)NCC(F)(F)F)c3)C2(Cl)Cl)cc1Cl. The van der Waals surface area contributed by atoms with Crippen LogP contribution in [0.5, 0.6) is 5.75 Å². The fraction of sp³-hybridized carbons (Fsp3) is 0.333. The van der Waals surface area contributed by atoms with Crippen molar-refractivity contribution < 1.29 is 27.5 Å². The number of anilines is 1. The molecular formula is C21H17Cl4F3N2O3. The Balaban J connectivity index is 1.77. The highest BCUT2D eigenvalue weighted by Gasteiger charge is 2.67. The van der Waals surface area contributed by atoms with Gasteiger partial charge in [-0.3, -0.25) is 9.59 Å². The second-order valence-electron chi connectivity index (χ2n) is 7.46. The van der Waals surface area contributed by atoms with Crippen LogP contribution in [0.3, 0.4) is 0 Å². The Hall–Kier alpha value is -1.87. The fourth-order valence-electron chi connectivity index (χ4n) is 3.54. The Morgan fingerprint density at radius 1 is 1.12 bits per heavy atom. The molecular weight excluding hydrogens is 527 g/mol. The molecule has 33 heavy (non-hydrogen) atoms. The third-order valence-corrected chi connectivity index (χ3v) is 6.63. The highest BCUT2D eigenvalue weighted by atomic mass is 35.5. The molecule has 2 unspecified atom stereocenters. The van der Waals surface area contributed by atoms with Crippen molar-refractivity contribution >= 4 is 63.9 Å². The summed E-state index contributed by atoms with van der Waals surface area (Å²) in [6, 6.07) is 7.24. The molecule has 2 aromatic rings. The summed E-state index contributed by atoms with van der Waals surface area (Å²) in [7, 11) is 1.48. The Labute approximate surface area is 207 Å². The molecule has 2 N–H and O–H groups in total. The number of amides is 2. The maximum absolute atomic E-state index is 12.9. The van der Waals surface area contributed by atoms with E-state index in [2.05, 4.69) is 5.32 Å². The largest absolute Gasteiger partial charge is 0.495 e. The van der Waals surface area contributed by atoms with E-state index in [1.165, 1.54) is 25.3 Å². The number of benzene rings is 2. The number of aryl methyl sites for hydroxylation is 1. The molecule has 0 radical (unpaired) electrons. The molecule has 1 saturated carbocycles. The number of carbonyl (C=O) groups is 2. The second-order valence-corrected chi connectivity index (χ2v) is 9.72. The Bertz CT molecular complexity index is 1090. The number of ether oxygens (including phenoxy) is 1. The van der Waals surface area contributed by atoms with Gasteiger partial charge in [0.2, 0.25) is 5.91 Å². The van der Waals surface area contributed by atoms with Gasteiger partial charge in [0, 0.05) is 11.6 Å². The molecule has 3 rings (SSSR count). The molecule has 0 heterocycles. The van der Waals surface area contributed by atoms with Crippen LogP contribution in [-0.2, 0) is 4.79 Å². The number of rotatable bonds is 6. The molecule has 2 amide bonds. The van der Waals surface area contributed by atoms with Gasteiger partial charge in [0.1, 0.15) is 16.6 Å². The molecule has 0 bridgehead atoms. The van der Waals surface area contributed by atoms with Crippen molar-refractivity contribution in [3.05, 3.63) is 57.1 Å². The van der Waals surface area contributed by atoms with Gasteiger partial charge in [-0.1, -0.05) is 29.3 Å². The van der Waals surface area contributed by atoms with E-state index in [-0.39, 0.29) is 16.3 Å². The summed E-state index contributed by atoms with van der Waals surface area (Å²) in [5.41, 5.74) is 1.29. The summed E-state index contributed by atoms with van der Waals surface area (Å²) in [6.45, 7) is 0.266. The molecule has 5 nitrogen and oxygen atoms in total. The first-order chi connectivity index (χ1) is 15.3. The molecule has 1 aliphatic rings. The molecule has 0 spiro atoms. The number of hydrogen-bond donors (Lipinski definition) is 2. The van der Waals surface area contributed by atoms with Crippen LogP contribution < -0.4 is 15.4 Å². The molecule has 2 atom stereocenters. The molecule has 178 valence electrons. The smallest absolute Gasteiger partial charge is 0.405 e. The van der Waals surface area contributed by atoms with Crippen molar-refractivity contribution in [3.63, 3.8) is 0 Å². The van der Waals surface area contributed by atoms with Crippen molar-refractivity contribution in [2.75, 3.05) is 19.0 Å². The predicted octanol–water partition coefficient (Wildman–Crippen LogP) is 6.13. The maximum atomic E-state index is 12.9. The number of carbonyl (C=O) groups excluding carboxylic acids is 2. The van der Waals surface area contributed by atoms with Gasteiger partial charge in [-0.05, 0) is 42.3 Å². The Morgan fingerprint density at radius 3 is 2.36 bits per heavy atom. The average molecular weight is 544 g/mol. The van der Waals surface area contributed by atoms with Gasteiger partial charge >= 0.3 is 6.18 Å². The molecule has 1 aliphatic carbocycles. The Morgan fingerprint density at radius 2 is 1.79 bits per heavy atom. The zero-order valence-corrected chi connectivity index (χ0v) is 20.1. The van der Waals surface area contributed by atoms with Crippen LogP contribution in [0.1, 0.15) is 27.4 Å². The van der Waals surface area contributed by atoms with Crippen LogP contribution in [0.2, 0.25) is 10.0 Å². The lowest BCUT2D eigenvalue weighted by molar-refractivity contribution is -0.123. The lowest BCUT2D eigenvalue weighted by atomic mass is 10.0. The standard InChI is InChI=1S/C21H17Cl4F3N2O3/c1-9-5-10(6-14(23)17(9)33-2)15-16(21(15,24)25)19(32)30-11-3-4-13(22)12(7-11)18(31)29-8-20(26,27)28/h3-7,15-16H,8H2,1-2H3,(H,29,31)(H,30,32). The lowest BCUT2D eigenvalue weighted by Crippen LogP contribution is -2.33. The molecule has 12 heteroatoms. The molecule has 0 saturated heterocycles. The van der Waals surface area contributed by atoms with Crippen LogP contribution >= 0.6 is 46.4 Å². The molecule has 1 fully saturated rings. The van der Waals surface area contributed by atoms with E-state index >= 15 is 0 Å². The van der Waals surface area contributed by atoms with Gasteiger partial charge in [-0.15, -0.1) is 23.2 Å². The van der Waals surface area contributed by atoms with Crippen molar-refractivity contribution in [2.45, 2.75) is 23.4 Å². The van der Waals surface area contributed by atoms with Crippen molar-refractivity contribution in [1.82, 2.24) is 5.32 Å². The van der Waals surface area contributed by atoms with Gasteiger partial charge in [-0.2, -0.15) is 13.2 Å². The van der Waals surface area contributed by atoms with E-state index in [0.29, 0.717) is 16.3 Å². The quantitative estimate of drug-likeness (QED) is 0.431. The monoisotopic (exact) mass is 542 g/mol. The first-order valence-corrected chi connectivity index (χ1v) is 10.9. The van der Waals surface area contributed by atoms with E-state index in [1.807, 2.05) is 0 Å². The van der Waals surface area contributed by atoms with Gasteiger partial charge in [0.25, 0.3) is 5.91 Å². The second kappa shape index (κ2) is 9.41. The minimum Gasteiger partial charge on any atom is -0.495 e. The van der Waals surface area contributed by atoms with Crippen LogP contribution in [0.25, 0.3) is 0 Å². The topological polar surface area (TPSA) is 67.4 Å². The van der Waals surface area contributed by atoms with Crippen molar-refractivity contribution in [1.29, 1.82) is 0 Å². The van der Waals surface area contributed by atoms with Gasteiger partial charge < -0.3 is 15.4 Å². The van der Waals surface area contributed by atoms with E-state index in [9.17, 15) is 22.8 Å². The molecule has 0 aliphatic heterocycles. The van der Waals surface area contributed by atoms with Crippen molar-refractivity contribution in [3.8, 4) is 5.75 Å². The first kappa shape index (κ1) is 25.7. The lowest BCUT2D eigenvalue weighted by Gasteiger charge is -2.11. The number of nitrogens with one attached hydrogen (secondary N) is 2. The first-order valence-electron chi connectivity index (χ1n) is 9.43. The number of hydrogen-bond acceptors (Lipinski definition) is 3. The summed E-state index contributed by atoms with van der Waals surface area (Å²) >= 11 is 24.9. The minimum atomic E-state index is -4.58.